The molecule has 2 heterocycles. The first kappa shape index (κ1) is 9.39. The Bertz CT molecular complexity index is 537. The monoisotopic (exact) mass is 215 g/mol. The smallest absolute Gasteiger partial charge is 0.296 e. The molecule has 0 aliphatic heterocycles. The average molecular weight is 215 g/mol. The first-order valence-electron chi connectivity index (χ1n) is 5.52. The topological polar surface area (TPSA) is 39.8 Å². The van der Waals surface area contributed by atoms with Crippen LogP contribution in [-0.4, -0.2) is 14.1 Å². The van der Waals surface area contributed by atoms with Crippen molar-refractivity contribution in [3.8, 4) is 0 Å². The molecular formula is C12H13N3O. The summed E-state index contributed by atoms with van der Waals surface area (Å²) in [5.41, 5.74) is 0.992. The van der Waals surface area contributed by atoms with Crippen LogP contribution in [-0.2, 0) is 6.54 Å². The summed E-state index contributed by atoms with van der Waals surface area (Å²) in [7, 11) is 0. The number of hydrogen-bond acceptors (Lipinski definition) is 2. The maximum atomic E-state index is 12.0. The minimum atomic E-state index is 0.0770. The second kappa shape index (κ2) is 3.63. The Labute approximate surface area is 93.2 Å². The molecule has 2 aromatic heterocycles. The zero-order valence-corrected chi connectivity index (χ0v) is 8.91. The van der Waals surface area contributed by atoms with Crippen LogP contribution in [0.1, 0.15) is 24.6 Å². The molecule has 0 spiro atoms. The molecule has 0 N–H and O–H groups in total. The van der Waals surface area contributed by atoms with Gasteiger partial charge in [-0.15, -0.1) is 0 Å². The van der Waals surface area contributed by atoms with Crippen molar-refractivity contribution in [2.45, 2.75) is 25.4 Å². The molecule has 2 aromatic rings. The molecule has 82 valence electrons. The van der Waals surface area contributed by atoms with Gasteiger partial charge < -0.3 is 0 Å². The fourth-order valence-electron chi connectivity index (χ4n) is 1.85. The van der Waals surface area contributed by atoms with E-state index in [-0.39, 0.29) is 5.69 Å². The fourth-order valence-corrected chi connectivity index (χ4v) is 1.85. The van der Waals surface area contributed by atoms with E-state index in [1.54, 1.807) is 10.8 Å². The highest BCUT2D eigenvalue weighted by Gasteiger charge is 2.25. The number of nitrogens with zero attached hydrogens (tertiary/aromatic N) is 3. The van der Waals surface area contributed by atoms with Crippen LogP contribution in [0.15, 0.2) is 41.6 Å². The van der Waals surface area contributed by atoms with E-state index in [9.17, 15) is 4.79 Å². The second-order valence-electron chi connectivity index (χ2n) is 4.17. The van der Waals surface area contributed by atoms with Gasteiger partial charge in [-0.05, 0) is 25.0 Å². The number of hydrogen-bond donors (Lipinski definition) is 0. The normalized spacial score (nSPS) is 15.2. The molecule has 0 saturated heterocycles. The predicted molar refractivity (Wildman–Crippen MR) is 60.3 cm³/mol. The minimum Gasteiger partial charge on any atom is -0.296 e. The van der Waals surface area contributed by atoms with Gasteiger partial charge in [-0.2, -0.15) is 0 Å². The summed E-state index contributed by atoms with van der Waals surface area (Å²) in [4.78, 5) is 16.2. The van der Waals surface area contributed by atoms with Crippen LogP contribution in [0.3, 0.4) is 0 Å². The van der Waals surface area contributed by atoms with Crippen molar-refractivity contribution in [3.63, 3.8) is 0 Å². The Balaban J connectivity index is 1.88. The van der Waals surface area contributed by atoms with Crippen molar-refractivity contribution in [2.24, 2.45) is 0 Å². The molecule has 1 aliphatic rings. The van der Waals surface area contributed by atoms with E-state index in [0.717, 1.165) is 18.5 Å². The molecule has 0 bridgehead atoms. The lowest BCUT2D eigenvalue weighted by atomic mass is 10.3. The van der Waals surface area contributed by atoms with E-state index in [4.69, 9.17) is 0 Å². The lowest BCUT2D eigenvalue weighted by Crippen LogP contribution is -2.24. The molecule has 3 rings (SSSR count). The standard InChI is InChI=1S/C12H13N3O/c16-12-14(7-8-15(12)11-4-5-11)9-10-3-1-2-6-13-10/h1-3,6-8,11H,4-5,9H2. The zero-order chi connectivity index (χ0) is 11.0. The largest absolute Gasteiger partial charge is 0.328 e. The van der Waals surface area contributed by atoms with Gasteiger partial charge in [0.05, 0.1) is 12.2 Å². The summed E-state index contributed by atoms with van der Waals surface area (Å²) in [6, 6.07) is 6.19. The van der Waals surface area contributed by atoms with Crippen LogP contribution in [0.25, 0.3) is 0 Å². The van der Waals surface area contributed by atoms with E-state index in [0.29, 0.717) is 12.6 Å². The Morgan fingerprint density at radius 2 is 2.19 bits per heavy atom. The van der Waals surface area contributed by atoms with Gasteiger partial charge >= 0.3 is 5.69 Å². The van der Waals surface area contributed by atoms with Crippen molar-refractivity contribution in [1.82, 2.24) is 14.1 Å². The summed E-state index contributed by atoms with van der Waals surface area (Å²) in [5, 5.41) is 0. The van der Waals surface area contributed by atoms with E-state index >= 15 is 0 Å². The molecule has 4 heteroatoms. The van der Waals surface area contributed by atoms with Crippen molar-refractivity contribution >= 4 is 0 Å². The quantitative estimate of drug-likeness (QED) is 0.777. The zero-order valence-electron chi connectivity index (χ0n) is 8.91. The van der Waals surface area contributed by atoms with E-state index in [2.05, 4.69) is 4.98 Å². The van der Waals surface area contributed by atoms with E-state index in [1.807, 2.05) is 35.2 Å². The van der Waals surface area contributed by atoms with Crippen LogP contribution in [0.5, 0.6) is 0 Å². The molecule has 0 aromatic carbocycles. The first-order chi connectivity index (χ1) is 7.84. The third-order valence-corrected chi connectivity index (χ3v) is 2.87. The summed E-state index contributed by atoms with van der Waals surface area (Å²) in [6.07, 6.45) is 7.73. The molecule has 0 atom stereocenters. The third kappa shape index (κ3) is 1.66. The third-order valence-electron chi connectivity index (χ3n) is 2.87. The van der Waals surface area contributed by atoms with Crippen LogP contribution in [0.2, 0.25) is 0 Å². The number of imidazole rings is 1. The molecule has 4 nitrogen and oxygen atoms in total. The molecule has 0 amide bonds. The number of pyridine rings is 1. The maximum absolute atomic E-state index is 12.0. The van der Waals surface area contributed by atoms with Gasteiger partial charge in [0.25, 0.3) is 0 Å². The lowest BCUT2D eigenvalue weighted by molar-refractivity contribution is 0.651. The van der Waals surface area contributed by atoms with E-state index in [1.165, 1.54) is 0 Å². The highest BCUT2D eigenvalue weighted by molar-refractivity contribution is 5.04. The Kier molecular flexibility index (Phi) is 2.13. The van der Waals surface area contributed by atoms with Gasteiger partial charge in [0, 0.05) is 24.6 Å². The Morgan fingerprint density at radius 3 is 2.88 bits per heavy atom. The summed E-state index contributed by atoms with van der Waals surface area (Å²) >= 11 is 0. The summed E-state index contributed by atoms with van der Waals surface area (Å²) in [6.45, 7) is 0.555. The molecule has 1 fully saturated rings. The molecular weight excluding hydrogens is 202 g/mol. The molecule has 0 unspecified atom stereocenters. The van der Waals surface area contributed by atoms with Gasteiger partial charge in [-0.3, -0.25) is 14.1 Å². The van der Waals surface area contributed by atoms with Crippen molar-refractivity contribution < 1.29 is 0 Å². The van der Waals surface area contributed by atoms with Gasteiger partial charge in [-0.25, -0.2) is 4.79 Å². The molecule has 0 radical (unpaired) electrons. The maximum Gasteiger partial charge on any atom is 0.328 e. The van der Waals surface area contributed by atoms with Crippen molar-refractivity contribution in [3.05, 3.63) is 53.0 Å². The van der Waals surface area contributed by atoms with Gasteiger partial charge in [0.15, 0.2) is 0 Å². The van der Waals surface area contributed by atoms with Crippen LogP contribution >= 0.6 is 0 Å². The van der Waals surface area contributed by atoms with Gasteiger partial charge in [-0.1, -0.05) is 6.07 Å². The SMILES string of the molecule is O=c1n(Cc2ccccn2)ccn1C1CC1. The summed E-state index contributed by atoms with van der Waals surface area (Å²) in [5.74, 6) is 0. The lowest BCUT2D eigenvalue weighted by Gasteiger charge is -2.00. The fraction of sp³-hybridized carbons (Fsp3) is 0.333. The van der Waals surface area contributed by atoms with Crippen LogP contribution < -0.4 is 5.69 Å². The average Bonchev–Trinajstić information content (AvgIpc) is 3.08. The Morgan fingerprint density at radius 1 is 1.31 bits per heavy atom. The predicted octanol–water partition coefficient (Wildman–Crippen LogP) is 1.43. The van der Waals surface area contributed by atoms with Crippen LogP contribution in [0, 0.1) is 0 Å². The molecule has 1 aliphatic carbocycles. The summed E-state index contributed by atoms with van der Waals surface area (Å²) < 4.78 is 3.53. The highest BCUT2D eigenvalue weighted by Crippen LogP contribution is 2.33. The first-order valence-corrected chi connectivity index (χ1v) is 5.52. The van der Waals surface area contributed by atoms with Crippen molar-refractivity contribution in [1.29, 1.82) is 0 Å². The van der Waals surface area contributed by atoms with E-state index < -0.39 is 0 Å². The highest BCUT2D eigenvalue weighted by atomic mass is 16.1. The minimum absolute atomic E-state index is 0.0770. The molecule has 1 saturated carbocycles. The number of rotatable bonds is 3. The van der Waals surface area contributed by atoms with Gasteiger partial charge in [0.2, 0.25) is 0 Å². The number of aromatic nitrogens is 3. The van der Waals surface area contributed by atoms with Crippen molar-refractivity contribution in [2.75, 3.05) is 0 Å². The van der Waals surface area contributed by atoms with Crippen LogP contribution in [0.4, 0.5) is 0 Å². The molecule has 16 heavy (non-hydrogen) atoms. The Hall–Kier alpha value is -1.84. The van der Waals surface area contributed by atoms with Gasteiger partial charge in [0.1, 0.15) is 0 Å². The second-order valence-corrected chi connectivity index (χ2v) is 4.17.